The maximum Gasteiger partial charge on any atom is 0.0321 e. The summed E-state index contributed by atoms with van der Waals surface area (Å²) >= 11 is 0. The molecule has 3 aliphatic heterocycles. The maximum absolute atomic E-state index is 3.97. The monoisotopic (exact) mass is 535 g/mol. The van der Waals surface area contributed by atoms with Gasteiger partial charge in [-0.05, 0) is 155 Å². The normalized spacial score (nSPS) is 29.7. The molecular formula is C32H66N6. The Hall–Kier alpha value is -0.240. The van der Waals surface area contributed by atoms with Crippen LogP contribution in [0.5, 0.6) is 0 Å². The van der Waals surface area contributed by atoms with Crippen LogP contribution in [0.4, 0.5) is 0 Å². The summed E-state index contributed by atoms with van der Waals surface area (Å²) in [6.45, 7) is 31.6. The van der Waals surface area contributed by atoms with Crippen molar-refractivity contribution in [3.8, 4) is 0 Å². The summed E-state index contributed by atoms with van der Waals surface area (Å²) in [6.07, 6.45) is 8.28. The number of hydrogen-bond acceptors (Lipinski definition) is 6. The summed E-state index contributed by atoms with van der Waals surface area (Å²) in [5.74, 6) is 0. The first-order valence-electron chi connectivity index (χ1n) is 15.6. The molecule has 0 spiro atoms. The molecule has 3 rings (SSSR count). The lowest BCUT2D eigenvalue weighted by Crippen LogP contribution is -2.76. The summed E-state index contributed by atoms with van der Waals surface area (Å²) in [6, 6.07) is 1.58. The van der Waals surface area contributed by atoms with Crippen LogP contribution in [-0.4, -0.2) is 93.5 Å². The van der Waals surface area contributed by atoms with Crippen molar-refractivity contribution in [3.05, 3.63) is 0 Å². The second kappa shape index (κ2) is 10.9. The molecule has 38 heavy (non-hydrogen) atoms. The summed E-state index contributed by atoms with van der Waals surface area (Å²) in [5, 5.41) is 17.8. The zero-order chi connectivity index (χ0) is 28.9. The van der Waals surface area contributed by atoms with E-state index < -0.39 is 0 Å². The molecule has 6 nitrogen and oxygen atoms in total. The Labute approximate surface area is 237 Å². The Bertz CT molecular complexity index is 708. The lowest BCUT2D eigenvalue weighted by molar-refractivity contribution is -0.242. The van der Waals surface area contributed by atoms with Crippen molar-refractivity contribution in [1.82, 2.24) is 30.9 Å². The van der Waals surface area contributed by atoms with Crippen LogP contribution in [0.15, 0.2) is 0 Å². The van der Waals surface area contributed by atoms with Gasteiger partial charge < -0.3 is 20.9 Å². The number of hydrazine groups is 1. The molecule has 0 aromatic carbocycles. The lowest BCUT2D eigenvalue weighted by atomic mass is 9.74. The minimum absolute atomic E-state index is 0.0687. The molecule has 3 N–H and O–H groups in total. The molecule has 0 amide bonds. The molecule has 0 radical (unpaired) electrons. The highest BCUT2D eigenvalue weighted by atomic mass is 15.7. The van der Waals surface area contributed by atoms with Crippen molar-refractivity contribution in [2.45, 2.75) is 179 Å². The highest BCUT2D eigenvalue weighted by Gasteiger charge is 2.55. The summed E-state index contributed by atoms with van der Waals surface area (Å²) < 4.78 is 0. The van der Waals surface area contributed by atoms with Gasteiger partial charge in [-0.1, -0.05) is 0 Å². The van der Waals surface area contributed by atoms with Gasteiger partial charge in [-0.15, -0.1) is 0 Å². The predicted molar refractivity (Wildman–Crippen MR) is 165 cm³/mol. The Morgan fingerprint density at radius 1 is 0.632 bits per heavy atom. The molecule has 6 heteroatoms. The van der Waals surface area contributed by atoms with Crippen molar-refractivity contribution >= 4 is 0 Å². The molecule has 0 aliphatic carbocycles. The number of hydrogen-bond donors (Lipinski definition) is 3. The summed E-state index contributed by atoms with van der Waals surface area (Å²) in [4.78, 5) is 2.29. The van der Waals surface area contributed by atoms with Crippen LogP contribution in [0.2, 0.25) is 0 Å². The summed E-state index contributed by atoms with van der Waals surface area (Å²) in [5.41, 5.74) is 0.595. The van der Waals surface area contributed by atoms with Gasteiger partial charge in [0.15, 0.2) is 0 Å². The lowest BCUT2D eigenvalue weighted by Gasteiger charge is -2.65. The molecule has 3 aliphatic rings. The fourth-order valence-corrected chi connectivity index (χ4v) is 9.28. The molecule has 0 aromatic rings. The van der Waals surface area contributed by atoms with E-state index in [0.29, 0.717) is 18.1 Å². The van der Waals surface area contributed by atoms with E-state index >= 15 is 0 Å². The molecule has 3 fully saturated rings. The fraction of sp³-hybridized carbons (Fsp3) is 1.00. The zero-order valence-electron chi connectivity index (χ0n) is 27.9. The van der Waals surface area contributed by atoms with Gasteiger partial charge in [0.05, 0.1) is 0 Å². The Balaban J connectivity index is 1.98. The van der Waals surface area contributed by atoms with Gasteiger partial charge in [-0.25, -0.2) is 10.0 Å². The topological polar surface area (TPSA) is 45.8 Å². The molecule has 3 saturated heterocycles. The second-order valence-electron chi connectivity index (χ2n) is 17.4. The molecule has 0 bridgehead atoms. The van der Waals surface area contributed by atoms with Crippen LogP contribution in [0, 0.1) is 0 Å². The van der Waals surface area contributed by atoms with Gasteiger partial charge in [0.2, 0.25) is 0 Å². The van der Waals surface area contributed by atoms with Crippen molar-refractivity contribution in [1.29, 1.82) is 0 Å². The number of nitrogens with one attached hydrogen (secondary N) is 3. The van der Waals surface area contributed by atoms with E-state index in [1.54, 1.807) is 0 Å². The minimum atomic E-state index is 0.0687. The minimum Gasteiger partial charge on any atom is -0.314 e. The predicted octanol–water partition coefficient (Wildman–Crippen LogP) is 5.38. The molecule has 3 heterocycles. The van der Waals surface area contributed by atoms with Crippen molar-refractivity contribution in [2.24, 2.45) is 0 Å². The van der Waals surface area contributed by atoms with E-state index in [2.05, 4.69) is 128 Å². The molecule has 0 saturated carbocycles. The maximum atomic E-state index is 3.97. The van der Waals surface area contributed by atoms with E-state index in [-0.39, 0.29) is 33.2 Å². The van der Waals surface area contributed by atoms with Gasteiger partial charge >= 0.3 is 0 Å². The van der Waals surface area contributed by atoms with Crippen LogP contribution >= 0.6 is 0 Å². The fourth-order valence-electron chi connectivity index (χ4n) is 9.28. The van der Waals surface area contributed by atoms with E-state index in [4.69, 9.17) is 0 Å². The third-order valence-electron chi connectivity index (χ3n) is 9.17. The zero-order valence-corrected chi connectivity index (χ0v) is 27.9. The molecule has 0 aromatic heterocycles. The van der Waals surface area contributed by atoms with Gasteiger partial charge in [0.1, 0.15) is 0 Å². The van der Waals surface area contributed by atoms with E-state index in [1.165, 1.54) is 44.9 Å². The number of piperidine rings is 3. The van der Waals surface area contributed by atoms with E-state index in [9.17, 15) is 0 Å². The van der Waals surface area contributed by atoms with Gasteiger partial charge in [0, 0.05) is 51.4 Å². The highest BCUT2D eigenvalue weighted by molar-refractivity contribution is 5.09. The van der Waals surface area contributed by atoms with Gasteiger partial charge in [-0.3, -0.25) is 0 Å². The molecule has 0 atom stereocenters. The third kappa shape index (κ3) is 8.16. The van der Waals surface area contributed by atoms with E-state index in [0.717, 1.165) is 13.1 Å². The average molecular weight is 535 g/mol. The number of rotatable bonds is 8. The largest absolute Gasteiger partial charge is 0.314 e. The van der Waals surface area contributed by atoms with Gasteiger partial charge in [-0.2, -0.15) is 0 Å². The van der Waals surface area contributed by atoms with E-state index in [1.807, 2.05) is 0 Å². The summed E-state index contributed by atoms with van der Waals surface area (Å²) in [7, 11) is 4.35. The first-order chi connectivity index (χ1) is 17.0. The first kappa shape index (κ1) is 32.3. The Morgan fingerprint density at radius 3 is 1.34 bits per heavy atom. The molecular weight excluding hydrogens is 468 g/mol. The first-order valence-corrected chi connectivity index (χ1v) is 15.6. The smallest absolute Gasteiger partial charge is 0.0321 e. The average Bonchev–Trinajstić information content (AvgIpc) is 2.62. The molecule has 0 unspecified atom stereocenters. The third-order valence-corrected chi connectivity index (χ3v) is 9.17. The van der Waals surface area contributed by atoms with Crippen molar-refractivity contribution in [3.63, 3.8) is 0 Å². The molecule has 224 valence electrons. The SMILES string of the molecule is CN(C)CCCNC1CC(C)(C)N(N(C2CC(C)(C)NC(C)(C)C2)C2CC(C)(C)NC(C)(C)C2)C(C)(C)C1. The van der Waals surface area contributed by atoms with Crippen LogP contribution in [0.1, 0.15) is 128 Å². The van der Waals surface area contributed by atoms with Crippen LogP contribution < -0.4 is 16.0 Å². The quantitative estimate of drug-likeness (QED) is 0.363. The Kier molecular flexibility index (Phi) is 9.23. The highest BCUT2D eigenvalue weighted by Crippen LogP contribution is 2.46. The van der Waals surface area contributed by atoms with Crippen molar-refractivity contribution < 1.29 is 0 Å². The Morgan fingerprint density at radius 2 is 1.00 bits per heavy atom. The van der Waals surface area contributed by atoms with Crippen LogP contribution in [0.25, 0.3) is 0 Å². The van der Waals surface area contributed by atoms with Gasteiger partial charge in [0.25, 0.3) is 0 Å². The number of nitrogens with zero attached hydrogens (tertiary/aromatic N) is 3. The standard InChI is InChI=1S/C32H66N6/c1-27(2)20-25(21-28(3,4)34-27)37(26-22-29(5,6)35-30(7,8)23-26)38-31(9,10)18-24(19-32(38,11)12)33-16-15-17-36(13)14/h24-26,33-35H,15-23H2,1-14H3. The van der Waals surface area contributed by atoms with Crippen LogP contribution in [-0.2, 0) is 0 Å². The van der Waals surface area contributed by atoms with Crippen molar-refractivity contribution in [2.75, 3.05) is 27.2 Å². The van der Waals surface area contributed by atoms with Crippen LogP contribution in [0.3, 0.4) is 0 Å². The second-order valence-corrected chi connectivity index (χ2v) is 17.4.